The van der Waals surface area contributed by atoms with Crippen molar-refractivity contribution in [3.63, 3.8) is 0 Å². The molecule has 196 valence electrons. The van der Waals surface area contributed by atoms with Crippen molar-refractivity contribution >= 4 is 50.9 Å². The highest BCUT2D eigenvalue weighted by Gasteiger charge is 2.32. The number of thioether (sulfide) groups is 1. The van der Waals surface area contributed by atoms with Crippen LogP contribution in [-0.4, -0.2) is 41.1 Å². The second-order valence-corrected chi connectivity index (χ2v) is 10.5. The Bertz CT molecular complexity index is 1400. The number of alkyl halides is 3. The summed E-state index contributed by atoms with van der Waals surface area (Å²) < 4.78 is 62.1. The third-order valence-electron chi connectivity index (χ3n) is 4.73. The number of aromatic nitrogens is 1. The van der Waals surface area contributed by atoms with E-state index in [9.17, 15) is 27.2 Å². The molecule has 2 heterocycles. The largest absolute Gasteiger partial charge is 0.447 e. The molecule has 37 heavy (non-hydrogen) atoms. The number of rotatable bonds is 4. The first-order valence-electron chi connectivity index (χ1n) is 10.8. The minimum Gasteiger partial charge on any atom is -0.443 e. The van der Waals surface area contributed by atoms with E-state index in [1.54, 1.807) is 32.9 Å². The van der Waals surface area contributed by atoms with Gasteiger partial charge < -0.3 is 14.5 Å². The van der Waals surface area contributed by atoms with E-state index in [0.717, 1.165) is 11.0 Å². The molecule has 2 aromatic heterocycles. The number of hydrogen-bond acceptors (Lipinski definition) is 4. The number of hydrogen-bond donors (Lipinski definition) is 1. The molecule has 0 bridgehead atoms. The number of benzene rings is 1. The van der Waals surface area contributed by atoms with E-state index in [4.69, 9.17) is 4.74 Å². The van der Waals surface area contributed by atoms with Crippen molar-refractivity contribution in [3.05, 3.63) is 64.0 Å². The Kier molecular flexibility index (Phi) is 8.49. The van der Waals surface area contributed by atoms with Crippen LogP contribution in [0.5, 0.6) is 0 Å². The van der Waals surface area contributed by atoms with Crippen LogP contribution in [0.15, 0.2) is 52.1 Å². The summed E-state index contributed by atoms with van der Waals surface area (Å²) in [5.74, 6) is 3.96. The predicted octanol–water partition coefficient (Wildman–Crippen LogP) is 6.61. The lowest BCUT2D eigenvalue weighted by Crippen LogP contribution is -2.37. The summed E-state index contributed by atoms with van der Waals surface area (Å²) in [5.41, 5.74) is -5.09. The fourth-order valence-electron chi connectivity index (χ4n) is 3.23. The van der Waals surface area contributed by atoms with Crippen LogP contribution in [0, 0.1) is 17.7 Å². The van der Waals surface area contributed by atoms with Crippen LogP contribution in [-0.2, 0) is 4.74 Å². The smallest absolute Gasteiger partial charge is 0.443 e. The standard InChI is InChI=1S/C25H22BrF4N3O3S/c1-24(2,3)36-23(35)33(19-10-9-15(13-18(19)27)21(34)31-4)12-5-7-16-14-20-17(26)8-6-11-32(20)22(16)37-25(28,29)30/h6,8-11,13-14H,12H2,1-4H3,(H,31,34). The maximum Gasteiger partial charge on any atom is 0.447 e. The fraction of sp³-hybridized carbons (Fsp3) is 0.280. The number of ether oxygens (including phenoxy) is 1. The minimum atomic E-state index is -4.56. The van der Waals surface area contributed by atoms with Crippen molar-refractivity contribution in [1.29, 1.82) is 0 Å². The van der Waals surface area contributed by atoms with Crippen molar-refractivity contribution in [1.82, 2.24) is 9.72 Å². The summed E-state index contributed by atoms with van der Waals surface area (Å²) in [5, 5.41) is 2.23. The number of anilines is 1. The van der Waals surface area contributed by atoms with Crippen molar-refractivity contribution < 1.29 is 31.9 Å². The highest BCUT2D eigenvalue weighted by atomic mass is 79.9. The van der Waals surface area contributed by atoms with Crippen LogP contribution >= 0.6 is 27.7 Å². The molecule has 0 fully saturated rings. The second-order valence-electron chi connectivity index (χ2n) is 8.64. The third-order valence-corrected chi connectivity index (χ3v) is 6.24. The van der Waals surface area contributed by atoms with Gasteiger partial charge in [-0.25, -0.2) is 9.18 Å². The number of amides is 2. The third kappa shape index (κ3) is 7.20. The number of pyridine rings is 1. The van der Waals surface area contributed by atoms with Gasteiger partial charge in [0.15, 0.2) is 0 Å². The van der Waals surface area contributed by atoms with Crippen LogP contribution < -0.4 is 10.2 Å². The molecule has 12 heteroatoms. The fourth-order valence-corrected chi connectivity index (χ4v) is 4.39. The van der Waals surface area contributed by atoms with E-state index in [-0.39, 0.29) is 33.6 Å². The molecule has 0 unspecified atom stereocenters. The monoisotopic (exact) mass is 599 g/mol. The molecule has 0 aliphatic rings. The van der Waals surface area contributed by atoms with Crippen molar-refractivity contribution in [2.45, 2.75) is 36.9 Å². The molecule has 3 rings (SSSR count). The lowest BCUT2D eigenvalue weighted by atomic mass is 10.1. The van der Waals surface area contributed by atoms with Gasteiger partial charge in [0.25, 0.3) is 5.91 Å². The average Bonchev–Trinajstić information content (AvgIpc) is 3.12. The number of fused-ring (bicyclic) bond motifs is 1. The number of halogens is 5. The first-order valence-corrected chi connectivity index (χ1v) is 12.4. The number of carbonyl (C=O) groups is 2. The van der Waals surface area contributed by atoms with Crippen LogP contribution in [0.1, 0.15) is 36.7 Å². The Balaban J connectivity index is 2.03. The van der Waals surface area contributed by atoms with E-state index in [2.05, 4.69) is 33.1 Å². The lowest BCUT2D eigenvalue weighted by molar-refractivity contribution is -0.0330. The van der Waals surface area contributed by atoms with Crippen molar-refractivity contribution in [2.24, 2.45) is 0 Å². The molecule has 0 saturated carbocycles. The lowest BCUT2D eigenvalue weighted by Gasteiger charge is -2.26. The molecule has 6 nitrogen and oxygen atoms in total. The SMILES string of the molecule is CNC(=O)c1ccc(N(CC#Cc2cc3c(Br)cccn3c2SC(F)(F)F)C(=O)OC(C)(C)C)c(F)c1. The van der Waals surface area contributed by atoms with E-state index in [0.29, 0.717) is 9.99 Å². The Morgan fingerprint density at radius 1 is 1.19 bits per heavy atom. The van der Waals surface area contributed by atoms with Crippen LogP contribution in [0.2, 0.25) is 0 Å². The molecule has 3 aromatic rings. The summed E-state index contributed by atoms with van der Waals surface area (Å²) in [7, 11) is 1.39. The van der Waals surface area contributed by atoms with Gasteiger partial charge in [0.05, 0.1) is 23.3 Å². The molecular formula is C25H22BrF4N3O3S. The predicted molar refractivity (Wildman–Crippen MR) is 137 cm³/mol. The number of nitrogens with one attached hydrogen (secondary N) is 1. The van der Waals surface area contributed by atoms with E-state index < -0.39 is 35.5 Å². The molecule has 2 amide bonds. The average molecular weight is 600 g/mol. The van der Waals surface area contributed by atoms with Gasteiger partial charge in [-0.05, 0) is 73.1 Å². The van der Waals surface area contributed by atoms with Gasteiger partial charge in [0.1, 0.15) is 16.4 Å². The van der Waals surface area contributed by atoms with Gasteiger partial charge in [0, 0.05) is 35.0 Å². The van der Waals surface area contributed by atoms with Gasteiger partial charge in [-0.3, -0.25) is 9.69 Å². The molecule has 0 aliphatic carbocycles. The Hall–Kier alpha value is -3.17. The van der Waals surface area contributed by atoms with Gasteiger partial charge in [-0.2, -0.15) is 13.2 Å². The summed E-state index contributed by atoms with van der Waals surface area (Å²) in [6.45, 7) is 4.50. The number of carbonyl (C=O) groups excluding carboxylic acids is 2. The molecule has 1 N–H and O–H groups in total. The highest BCUT2D eigenvalue weighted by Crippen LogP contribution is 2.40. The van der Waals surface area contributed by atoms with E-state index in [1.807, 2.05) is 0 Å². The van der Waals surface area contributed by atoms with Crippen molar-refractivity contribution in [2.75, 3.05) is 18.5 Å². The molecule has 1 aromatic carbocycles. The molecule has 0 spiro atoms. The highest BCUT2D eigenvalue weighted by molar-refractivity contribution is 9.10. The Labute approximate surface area is 223 Å². The molecule has 0 saturated heterocycles. The Morgan fingerprint density at radius 3 is 2.49 bits per heavy atom. The zero-order valence-electron chi connectivity index (χ0n) is 20.2. The maximum absolute atomic E-state index is 15.0. The van der Waals surface area contributed by atoms with Gasteiger partial charge >= 0.3 is 11.6 Å². The van der Waals surface area contributed by atoms with Gasteiger partial charge in [0.2, 0.25) is 0 Å². The molecule has 0 atom stereocenters. The normalized spacial score (nSPS) is 11.6. The molecular weight excluding hydrogens is 578 g/mol. The van der Waals surface area contributed by atoms with Gasteiger partial charge in [-0.15, -0.1) is 0 Å². The van der Waals surface area contributed by atoms with E-state index >= 15 is 0 Å². The summed E-state index contributed by atoms with van der Waals surface area (Å²) in [4.78, 5) is 25.6. The maximum atomic E-state index is 15.0. The van der Waals surface area contributed by atoms with Crippen LogP contribution in [0.3, 0.4) is 0 Å². The minimum absolute atomic E-state index is 0.0406. The summed E-state index contributed by atoms with van der Waals surface area (Å²) in [6, 6.07) is 8.30. The Morgan fingerprint density at radius 2 is 1.89 bits per heavy atom. The van der Waals surface area contributed by atoms with E-state index in [1.165, 1.54) is 35.8 Å². The molecule has 0 radical (unpaired) electrons. The van der Waals surface area contributed by atoms with Crippen LogP contribution in [0.4, 0.5) is 28.0 Å². The zero-order chi connectivity index (χ0) is 27.5. The topological polar surface area (TPSA) is 63.0 Å². The van der Waals surface area contributed by atoms with Crippen molar-refractivity contribution in [3.8, 4) is 11.8 Å². The van der Waals surface area contributed by atoms with Crippen LogP contribution in [0.25, 0.3) is 5.52 Å². The summed E-state index contributed by atoms with van der Waals surface area (Å²) in [6.07, 6.45) is 0.568. The number of nitrogens with zero attached hydrogens (tertiary/aromatic N) is 2. The zero-order valence-corrected chi connectivity index (χ0v) is 22.6. The second kappa shape index (κ2) is 11.1. The first kappa shape index (κ1) is 28.4. The van der Waals surface area contributed by atoms with Gasteiger partial charge in [-0.1, -0.05) is 11.8 Å². The molecule has 0 aliphatic heterocycles. The quantitative estimate of drug-likeness (QED) is 0.208. The summed E-state index contributed by atoms with van der Waals surface area (Å²) >= 11 is 3.01. The first-order chi connectivity index (χ1) is 17.2.